The van der Waals surface area contributed by atoms with Gasteiger partial charge in [-0.3, -0.25) is 4.79 Å². The Labute approximate surface area is 95.7 Å². The van der Waals surface area contributed by atoms with Gasteiger partial charge in [-0.05, 0) is 25.3 Å². The van der Waals surface area contributed by atoms with Gasteiger partial charge >= 0.3 is 5.97 Å². The summed E-state index contributed by atoms with van der Waals surface area (Å²) in [6.45, 7) is 1.61. The van der Waals surface area contributed by atoms with E-state index < -0.39 is 11.4 Å². The summed E-state index contributed by atoms with van der Waals surface area (Å²) < 4.78 is 4.63. The van der Waals surface area contributed by atoms with E-state index in [9.17, 15) is 4.79 Å². The molecule has 84 valence electrons. The highest BCUT2D eigenvalue weighted by molar-refractivity contribution is 5.79. The van der Waals surface area contributed by atoms with Gasteiger partial charge in [-0.15, -0.1) is 0 Å². The van der Waals surface area contributed by atoms with E-state index in [2.05, 4.69) is 4.74 Å². The number of methoxy groups -OCH3 is 1. The number of ether oxygens (including phenoxy) is 1. The maximum absolute atomic E-state index is 11.4. The van der Waals surface area contributed by atoms with Crippen LogP contribution in [0.3, 0.4) is 0 Å². The summed E-state index contributed by atoms with van der Waals surface area (Å²) >= 11 is 0. The molecule has 0 heterocycles. The highest BCUT2D eigenvalue weighted by atomic mass is 16.5. The molecule has 0 bridgehead atoms. The molecule has 1 unspecified atom stereocenters. The molecule has 0 saturated carbocycles. The first-order valence-electron chi connectivity index (χ1n) is 5.16. The van der Waals surface area contributed by atoms with E-state index in [0.717, 1.165) is 5.56 Å². The predicted molar refractivity (Wildman–Crippen MR) is 60.5 cm³/mol. The molecule has 0 aliphatic rings. The number of carbonyl (C=O) groups excluding carboxylic acids is 1. The summed E-state index contributed by atoms with van der Waals surface area (Å²) in [4.78, 5) is 11.4. The molecule has 0 amide bonds. The zero-order chi connectivity index (χ0) is 12.0. The van der Waals surface area contributed by atoms with Gasteiger partial charge in [0.2, 0.25) is 0 Å². The summed E-state index contributed by atoms with van der Waals surface area (Å²) in [5.41, 5.74) is 0.0674. The van der Waals surface area contributed by atoms with E-state index in [4.69, 9.17) is 5.26 Å². The summed E-state index contributed by atoms with van der Waals surface area (Å²) in [7, 11) is 1.31. The van der Waals surface area contributed by atoms with Gasteiger partial charge in [0.15, 0.2) is 5.41 Å². The number of hydrogen-bond acceptors (Lipinski definition) is 3. The summed E-state index contributed by atoms with van der Waals surface area (Å²) in [5.74, 6) is -0.467. The molecule has 16 heavy (non-hydrogen) atoms. The van der Waals surface area contributed by atoms with Gasteiger partial charge in [-0.1, -0.05) is 30.3 Å². The van der Waals surface area contributed by atoms with E-state index >= 15 is 0 Å². The maximum Gasteiger partial charge on any atom is 0.325 e. The molecule has 1 aromatic carbocycles. The van der Waals surface area contributed by atoms with Crippen LogP contribution in [0.25, 0.3) is 0 Å². The highest BCUT2D eigenvalue weighted by Crippen LogP contribution is 2.24. The number of rotatable bonds is 4. The molecule has 0 saturated heterocycles. The van der Waals surface area contributed by atoms with Gasteiger partial charge < -0.3 is 4.74 Å². The minimum atomic E-state index is -1.05. The fraction of sp³-hybridized carbons (Fsp3) is 0.385. The lowest BCUT2D eigenvalue weighted by Crippen LogP contribution is -2.28. The Morgan fingerprint density at radius 3 is 2.56 bits per heavy atom. The molecule has 0 fully saturated rings. The lowest BCUT2D eigenvalue weighted by atomic mass is 9.86. The second-order valence-electron chi connectivity index (χ2n) is 3.92. The fourth-order valence-corrected chi connectivity index (χ4v) is 1.47. The smallest absolute Gasteiger partial charge is 0.325 e. The van der Waals surface area contributed by atoms with Gasteiger partial charge in [0.05, 0.1) is 13.2 Å². The van der Waals surface area contributed by atoms with Crippen molar-refractivity contribution in [2.45, 2.75) is 19.8 Å². The summed E-state index contributed by atoms with van der Waals surface area (Å²) in [5, 5.41) is 9.01. The Balaban J connectivity index is 2.66. The number of nitriles is 1. The highest BCUT2D eigenvalue weighted by Gasteiger charge is 2.33. The molecule has 1 rings (SSSR count). The number of esters is 1. The number of carbonyl (C=O) groups is 1. The van der Waals surface area contributed by atoms with Crippen LogP contribution in [0.15, 0.2) is 30.3 Å². The molecular weight excluding hydrogens is 202 g/mol. The maximum atomic E-state index is 11.4. The van der Waals surface area contributed by atoms with E-state index in [-0.39, 0.29) is 0 Å². The Bertz CT molecular complexity index is 394. The molecule has 3 nitrogen and oxygen atoms in total. The number of nitrogens with zero attached hydrogens (tertiary/aromatic N) is 1. The molecule has 0 radical (unpaired) electrons. The third-order valence-corrected chi connectivity index (χ3v) is 2.64. The van der Waals surface area contributed by atoms with Crippen LogP contribution in [0.5, 0.6) is 0 Å². The van der Waals surface area contributed by atoms with Crippen LogP contribution in [-0.4, -0.2) is 13.1 Å². The lowest BCUT2D eigenvalue weighted by molar-refractivity contribution is -0.148. The van der Waals surface area contributed by atoms with Crippen molar-refractivity contribution >= 4 is 5.97 Å². The van der Waals surface area contributed by atoms with Crippen LogP contribution in [0.1, 0.15) is 18.9 Å². The molecule has 0 spiro atoms. The quantitative estimate of drug-likeness (QED) is 0.727. The first kappa shape index (κ1) is 12.3. The SMILES string of the molecule is COC(=O)C(C)(C#N)CCc1ccccc1. The molecule has 1 atom stereocenters. The van der Waals surface area contributed by atoms with Crippen molar-refractivity contribution in [3.05, 3.63) is 35.9 Å². The summed E-state index contributed by atoms with van der Waals surface area (Å²) in [6.07, 6.45) is 1.17. The van der Waals surface area contributed by atoms with Crippen molar-refractivity contribution < 1.29 is 9.53 Å². The van der Waals surface area contributed by atoms with Crippen molar-refractivity contribution in [2.75, 3.05) is 7.11 Å². The molecule has 0 aromatic heterocycles. The van der Waals surface area contributed by atoms with Crippen LogP contribution >= 0.6 is 0 Å². The average molecular weight is 217 g/mol. The molecule has 0 aliphatic heterocycles. The summed E-state index contributed by atoms with van der Waals surface area (Å²) in [6, 6.07) is 11.8. The first-order valence-corrected chi connectivity index (χ1v) is 5.16. The zero-order valence-electron chi connectivity index (χ0n) is 9.56. The lowest BCUT2D eigenvalue weighted by Gasteiger charge is -2.18. The van der Waals surface area contributed by atoms with E-state index in [1.165, 1.54) is 7.11 Å². The van der Waals surface area contributed by atoms with Crippen molar-refractivity contribution in [3.8, 4) is 6.07 Å². The van der Waals surface area contributed by atoms with Crippen LogP contribution in [0.4, 0.5) is 0 Å². The Kier molecular flexibility index (Phi) is 4.07. The van der Waals surface area contributed by atoms with E-state index in [1.807, 2.05) is 36.4 Å². The normalized spacial score (nSPS) is 13.6. The van der Waals surface area contributed by atoms with Crippen LogP contribution in [0.2, 0.25) is 0 Å². The van der Waals surface area contributed by atoms with E-state index in [1.54, 1.807) is 6.92 Å². The predicted octanol–water partition coefficient (Wildman–Crippen LogP) is 2.32. The van der Waals surface area contributed by atoms with Crippen LogP contribution in [0, 0.1) is 16.7 Å². The number of aryl methyl sites for hydroxylation is 1. The van der Waals surface area contributed by atoms with E-state index in [0.29, 0.717) is 12.8 Å². The van der Waals surface area contributed by atoms with Gasteiger partial charge in [-0.25, -0.2) is 0 Å². The number of hydrogen-bond donors (Lipinski definition) is 0. The first-order chi connectivity index (χ1) is 7.62. The Morgan fingerprint density at radius 2 is 2.06 bits per heavy atom. The van der Waals surface area contributed by atoms with Crippen molar-refractivity contribution in [1.82, 2.24) is 0 Å². The van der Waals surface area contributed by atoms with Crippen LogP contribution in [-0.2, 0) is 16.0 Å². The minimum Gasteiger partial charge on any atom is -0.468 e. The number of benzene rings is 1. The second-order valence-corrected chi connectivity index (χ2v) is 3.92. The topological polar surface area (TPSA) is 50.1 Å². The van der Waals surface area contributed by atoms with Gasteiger partial charge in [0.1, 0.15) is 0 Å². The average Bonchev–Trinajstić information content (AvgIpc) is 2.36. The molecule has 1 aromatic rings. The molecule has 0 aliphatic carbocycles. The van der Waals surface area contributed by atoms with Crippen molar-refractivity contribution in [1.29, 1.82) is 5.26 Å². The van der Waals surface area contributed by atoms with Gasteiger partial charge in [0.25, 0.3) is 0 Å². The molecule has 0 N–H and O–H groups in total. The van der Waals surface area contributed by atoms with Gasteiger partial charge in [-0.2, -0.15) is 5.26 Å². The Hall–Kier alpha value is -1.82. The third kappa shape index (κ3) is 2.83. The fourth-order valence-electron chi connectivity index (χ4n) is 1.47. The molecule has 3 heteroatoms. The zero-order valence-corrected chi connectivity index (χ0v) is 9.56. The Morgan fingerprint density at radius 1 is 1.44 bits per heavy atom. The largest absolute Gasteiger partial charge is 0.468 e. The van der Waals surface area contributed by atoms with Crippen molar-refractivity contribution in [3.63, 3.8) is 0 Å². The minimum absolute atomic E-state index is 0.467. The van der Waals surface area contributed by atoms with Crippen LogP contribution < -0.4 is 0 Å². The van der Waals surface area contributed by atoms with Gasteiger partial charge in [0, 0.05) is 0 Å². The second kappa shape index (κ2) is 5.32. The van der Waals surface area contributed by atoms with Crippen molar-refractivity contribution in [2.24, 2.45) is 5.41 Å². The molecular formula is C13H15NO2. The standard InChI is InChI=1S/C13H15NO2/c1-13(10-14,12(15)16-2)9-8-11-6-4-3-5-7-11/h3-7H,8-9H2,1-2H3. The monoisotopic (exact) mass is 217 g/mol. The third-order valence-electron chi connectivity index (χ3n) is 2.64.